The van der Waals surface area contributed by atoms with Crippen LogP contribution in [0.4, 0.5) is 0 Å². The van der Waals surface area contributed by atoms with Gasteiger partial charge in [0.25, 0.3) is 0 Å². The van der Waals surface area contributed by atoms with Gasteiger partial charge in [0.1, 0.15) is 0 Å². The predicted molar refractivity (Wildman–Crippen MR) is 67.8 cm³/mol. The van der Waals surface area contributed by atoms with Crippen molar-refractivity contribution in [3.8, 4) is 0 Å². The summed E-state index contributed by atoms with van der Waals surface area (Å²) in [7, 11) is -1.54. The molecule has 0 saturated heterocycles. The van der Waals surface area contributed by atoms with Gasteiger partial charge in [0, 0.05) is 0 Å². The van der Waals surface area contributed by atoms with Crippen molar-refractivity contribution in [1.29, 1.82) is 0 Å². The van der Waals surface area contributed by atoms with Gasteiger partial charge in [-0.05, 0) is 44.1 Å². The third kappa shape index (κ3) is 2.98. The Hall–Kier alpha value is -0.0900. The van der Waals surface area contributed by atoms with E-state index in [0.29, 0.717) is 11.3 Å². The van der Waals surface area contributed by atoms with Gasteiger partial charge in [-0.2, -0.15) is 0 Å². The molecule has 3 nitrogen and oxygen atoms in total. The Kier molecular flexibility index (Phi) is 4.41. The highest BCUT2D eigenvalue weighted by Crippen LogP contribution is 2.41. The predicted octanol–water partition coefficient (Wildman–Crippen LogP) is 2.53. The second kappa shape index (κ2) is 5.05. The van der Waals surface area contributed by atoms with Gasteiger partial charge in [-0.3, -0.25) is 0 Å². The molecule has 1 saturated carbocycles. The van der Waals surface area contributed by atoms with Gasteiger partial charge in [0.05, 0.1) is 5.25 Å². The number of hydrogen-bond acceptors (Lipinski definition) is 2. The lowest BCUT2D eigenvalue weighted by Gasteiger charge is -2.38. The zero-order chi connectivity index (χ0) is 12.4. The van der Waals surface area contributed by atoms with E-state index in [4.69, 9.17) is 0 Å². The maximum absolute atomic E-state index is 11.7. The van der Waals surface area contributed by atoms with Crippen LogP contribution in [0.2, 0.25) is 0 Å². The Morgan fingerprint density at radius 3 is 2.06 bits per heavy atom. The fourth-order valence-corrected chi connectivity index (χ4v) is 3.84. The topological polar surface area (TPSA) is 46.2 Å². The Labute approximate surface area is 100 Å². The molecular weight excluding hydrogens is 222 g/mol. The minimum absolute atomic E-state index is 0.165. The normalized spacial score (nSPS) is 28.0. The monoisotopic (exact) mass is 247 g/mol. The molecular formula is C12H25NO2S. The molecule has 0 aromatic rings. The summed E-state index contributed by atoms with van der Waals surface area (Å²) in [5, 5.41) is -0.165. The van der Waals surface area contributed by atoms with Crippen LogP contribution in [0.3, 0.4) is 0 Å². The quantitative estimate of drug-likeness (QED) is 0.830. The van der Waals surface area contributed by atoms with E-state index < -0.39 is 10.0 Å². The summed E-state index contributed by atoms with van der Waals surface area (Å²) in [6, 6.07) is 0. The van der Waals surface area contributed by atoms with Crippen molar-refractivity contribution >= 4 is 10.0 Å². The Balaban J connectivity index is 2.59. The van der Waals surface area contributed by atoms with Crippen LogP contribution in [-0.2, 0) is 10.0 Å². The number of nitrogens with one attached hydrogen (secondary N) is 1. The highest BCUT2D eigenvalue weighted by molar-refractivity contribution is 7.90. The minimum Gasteiger partial charge on any atom is -0.218 e. The van der Waals surface area contributed by atoms with Crippen molar-refractivity contribution in [3.05, 3.63) is 0 Å². The van der Waals surface area contributed by atoms with Crippen LogP contribution in [0.1, 0.15) is 52.9 Å². The van der Waals surface area contributed by atoms with Crippen LogP contribution in [0.15, 0.2) is 0 Å². The molecule has 0 heterocycles. The van der Waals surface area contributed by atoms with Crippen molar-refractivity contribution < 1.29 is 8.42 Å². The van der Waals surface area contributed by atoms with Gasteiger partial charge in [0.2, 0.25) is 10.0 Å². The third-order valence-corrected chi connectivity index (χ3v) is 6.33. The zero-order valence-corrected chi connectivity index (χ0v) is 11.7. The SMILES string of the molecule is CCC(C)(C)C1CCC(S(=O)(=O)NC)CC1. The van der Waals surface area contributed by atoms with Crippen molar-refractivity contribution in [2.24, 2.45) is 11.3 Å². The molecule has 0 radical (unpaired) electrons. The minimum atomic E-state index is -3.05. The van der Waals surface area contributed by atoms with Gasteiger partial charge in [-0.25, -0.2) is 13.1 Å². The summed E-state index contributed by atoms with van der Waals surface area (Å²) in [5.74, 6) is 0.681. The van der Waals surface area contributed by atoms with E-state index in [0.717, 1.165) is 25.7 Å². The molecule has 0 amide bonds. The lowest BCUT2D eigenvalue weighted by atomic mass is 9.70. The first kappa shape index (κ1) is 14.0. The van der Waals surface area contributed by atoms with E-state index in [1.807, 2.05) is 0 Å². The summed E-state index contributed by atoms with van der Waals surface area (Å²) in [4.78, 5) is 0. The molecule has 0 aromatic heterocycles. The van der Waals surface area contributed by atoms with E-state index >= 15 is 0 Å². The van der Waals surface area contributed by atoms with E-state index in [-0.39, 0.29) is 5.25 Å². The maximum atomic E-state index is 11.7. The smallest absolute Gasteiger partial charge is 0.214 e. The van der Waals surface area contributed by atoms with Crippen LogP contribution in [0.5, 0.6) is 0 Å². The molecule has 1 fully saturated rings. The van der Waals surface area contributed by atoms with Crippen molar-refractivity contribution in [3.63, 3.8) is 0 Å². The van der Waals surface area contributed by atoms with Crippen LogP contribution >= 0.6 is 0 Å². The van der Waals surface area contributed by atoms with Crippen LogP contribution in [-0.4, -0.2) is 20.7 Å². The van der Waals surface area contributed by atoms with Crippen molar-refractivity contribution in [2.75, 3.05) is 7.05 Å². The number of rotatable bonds is 4. The summed E-state index contributed by atoms with van der Waals surface area (Å²) >= 11 is 0. The molecule has 96 valence electrons. The van der Waals surface area contributed by atoms with Gasteiger partial charge in [-0.1, -0.05) is 27.2 Å². The Bertz CT molecular complexity index is 314. The highest BCUT2D eigenvalue weighted by Gasteiger charge is 2.35. The first-order chi connectivity index (χ1) is 7.33. The van der Waals surface area contributed by atoms with Gasteiger partial charge >= 0.3 is 0 Å². The second-order valence-electron chi connectivity index (χ2n) is 5.56. The Morgan fingerprint density at radius 1 is 1.19 bits per heavy atom. The molecule has 1 rings (SSSR count). The molecule has 0 unspecified atom stereocenters. The molecule has 0 aliphatic heterocycles. The van der Waals surface area contributed by atoms with Crippen LogP contribution in [0.25, 0.3) is 0 Å². The molecule has 4 heteroatoms. The van der Waals surface area contributed by atoms with Gasteiger partial charge < -0.3 is 0 Å². The van der Waals surface area contributed by atoms with Gasteiger partial charge in [0.15, 0.2) is 0 Å². The third-order valence-electron chi connectivity index (χ3n) is 4.41. The molecule has 1 N–H and O–H groups in total. The highest BCUT2D eigenvalue weighted by atomic mass is 32.2. The molecule has 16 heavy (non-hydrogen) atoms. The molecule has 1 aliphatic carbocycles. The fraction of sp³-hybridized carbons (Fsp3) is 1.00. The number of hydrogen-bond donors (Lipinski definition) is 1. The van der Waals surface area contributed by atoms with Crippen LogP contribution in [0, 0.1) is 11.3 Å². The van der Waals surface area contributed by atoms with Gasteiger partial charge in [-0.15, -0.1) is 0 Å². The summed E-state index contributed by atoms with van der Waals surface area (Å²) in [5.41, 5.74) is 0.356. The fourth-order valence-electron chi connectivity index (χ4n) is 2.61. The van der Waals surface area contributed by atoms with Crippen molar-refractivity contribution in [1.82, 2.24) is 4.72 Å². The lowest BCUT2D eigenvalue weighted by molar-refractivity contribution is 0.153. The average Bonchev–Trinajstić information content (AvgIpc) is 2.29. The largest absolute Gasteiger partial charge is 0.218 e. The summed E-state index contributed by atoms with van der Waals surface area (Å²) in [6.45, 7) is 6.81. The van der Waals surface area contributed by atoms with Crippen molar-refractivity contribution in [2.45, 2.75) is 58.1 Å². The molecule has 0 bridgehead atoms. The molecule has 1 aliphatic rings. The zero-order valence-electron chi connectivity index (χ0n) is 10.9. The number of sulfonamides is 1. The van der Waals surface area contributed by atoms with E-state index in [1.54, 1.807) is 0 Å². The standard InChI is InChI=1S/C12H25NO2S/c1-5-12(2,3)10-6-8-11(9-7-10)16(14,15)13-4/h10-11,13H,5-9H2,1-4H3. The van der Waals surface area contributed by atoms with Crippen LogP contribution < -0.4 is 4.72 Å². The Morgan fingerprint density at radius 2 is 1.69 bits per heavy atom. The van der Waals surface area contributed by atoms with E-state index in [1.165, 1.54) is 13.5 Å². The summed E-state index contributed by atoms with van der Waals surface area (Å²) < 4.78 is 25.8. The summed E-state index contributed by atoms with van der Waals surface area (Å²) in [6.07, 6.45) is 4.90. The maximum Gasteiger partial charge on any atom is 0.214 e. The molecule has 0 spiro atoms. The molecule has 0 atom stereocenters. The average molecular weight is 247 g/mol. The van der Waals surface area contributed by atoms with E-state index in [9.17, 15) is 8.42 Å². The second-order valence-corrected chi connectivity index (χ2v) is 7.73. The molecule has 0 aromatic carbocycles. The first-order valence-electron chi connectivity index (χ1n) is 6.26. The van der Waals surface area contributed by atoms with E-state index in [2.05, 4.69) is 25.5 Å². The first-order valence-corrected chi connectivity index (χ1v) is 7.80. The lowest BCUT2D eigenvalue weighted by Crippen LogP contribution is -2.37.